The van der Waals surface area contributed by atoms with Gasteiger partial charge in [-0.2, -0.15) is 0 Å². The minimum Gasteiger partial charge on any atom is -0.382 e. The molecule has 1 aromatic rings. The minimum atomic E-state index is -0.518. The Morgan fingerprint density at radius 3 is 3.17 bits per heavy atom. The molecule has 24 heavy (non-hydrogen) atoms. The van der Waals surface area contributed by atoms with E-state index in [1.54, 1.807) is 0 Å². The molecule has 0 aliphatic carbocycles. The summed E-state index contributed by atoms with van der Waals surface area (Å²) in [6, 6.07) is 3.74. The van der Waals surface area contributed by atoms with Gasteiger partial charge in [-0.1, -0.05) is 23.7 Å². The number of piperidine rings is 1. The van der Waals surface area contributed by atoms with Gasteiger partial charge < -0.3 is 15.1 Å². The molecular formula is C17H24ClN3O2S. The van der Waals surface area contributed by atoms with Crippen LogP contribution in [0, 0.1) is 5.92 Å². The van der Waals surface area contributed by atoms with Crippen LogP contribution in [0.4, 0.5) is 0 Å². The molecule has 0 aromatic carbocycles. The lowest BCUT2D eigenvalue weighted by Gasteiger charge is -2.30. The molecule has 3 rings (SSSR count). The second kappa shape index (κ2) is 8.32. The zero-order chi connectivity index (χ0) is 16.9. The van der Waals surface area contributed by atoms with E-state index in [0.717, 1.165) is 29.5 Å². The van der Waals surface area contributed by atoms with Crippen molar-refractivity contribution in [2.75, 3.05) is 26.2 Å². The summed E-state index contributed by atoms with van der Waals surface area (Å²) in [6.45, 7) is 6.41. The van der Waals surface area contributed by atoms with Gasteiger partial charge in [0.15, 0.2) is 0 Å². The Balaban J connectivity index is 1.34. The van der Waals surface area contributed by atoms with E-state index in [1.165, 1.54) is 37.3 Å². The van der Waals surface area contributed by atoms with E-state index in [1.807, 2.05) is 12.1 Å². The number of nitrogens with one attached hydrogen (secondary N) is 1. The van der Waals surface area contributed by atoms with Gasteiger partial charge in [0.1, 0.15) is 5.71 Å². The van der Waals surface area contributed by atoms with E-state index in [0.29, 0.717) is 17.3 Å². The lowest BCUT2D eigenvalue weighted by atomic mass is 10.0. The number of likely N-dealkylation sites (tertiary alicyclic amines) is 1. The van der Waals surface area contributed by atoms with Crippen LogP contribution in [0.15, 0.2) is 17.3 Å². The summed E-state index contributed by atoms with van der Waals surface area (Å²) < 4.78 is 0.715. The van der Waals surface area contributed by atoms with E-state index in [-0.39, 0.29) is 5.91 Å². The third-order valence-corrected chi connectivity index (χ3v) is 5.79. The van der Waals surface area contributed by atoms with Gasteiger partial charge in [-0.3, -0.25) is 4.79 Å². The lowest BCUT2D eigenvalue weighted by molar-refractivity contribution is -0.131. The fourth-order valence-corrected chi connectivity index (χ4v) is 4.28. The molecule has 0 spiro atoms. The summed E-state index contributed by atoms with van der Waals surface area (Å²) in [6.07, 6.45) is 3.59. The highest BCUT2D eigenvalue weighted by molar-refractivity contribution is 7.18. The van der Waals surface area contributed by atoms with E-state index in [2.05, 4.69) is 22.3 Å². The molecule has 0 radical (unpaired) electrons. The topological polar surface area (TPSA) is 53.9 Å². The summed E-state index contributed by atoms with van der Waals surface area (Å²) >= 11 is 7.39. The number of rotatable bonds is 6. The van der Waals surface area contributed by atoms with Crippen LogP contribution in [-0.4, -0.2) is 48.8 Å². The first-order valence-electron chi connectivity index (χ1n) is 8.60. The molecule has 2 aliphatic rings. The maximum Gasteiger partial charge on any atom is 0.264 e. The summed E-state index contributed by atoms with van der Waals surface area (Å²) in [5, 5.41) is 7.00. The number of nitrogens with zero attached hydrogens (tertiary/aromatic N) is 2. The maximum absolute atomic E-state index is 12.2. The zero-order valence-corrected chi connectivity index (χ0v) is 15.5. The summed E-state index contributed by atoms with van der Waals surface area (Å²) in [7, 11) is 0. The molecule has 1 fully saturated rings. The van der Waals surface area contributed by atoms with Gasteiger partial charge in [-0.25, -0.2) is 0 Å². The molecule has 1 saturated heterocycles. The molecule has 1 N–H and O–H groups in total. The Bertz CT molecular complexity index is 604. The van der Waals surface area contributed by atoms with Crippen LogP contribution in [0.1, 0.15) is 37.5 Å². The Labute approximate surface area is 152 Å². The number of hydrogen-bond acceptors (Lipinski definition) is 5. The van der Waals surface area contributed by atoms with Gasteiger partial charge in [-0.15, -0.1) is 11.3 Å². The third kappa shape index (κ3) is 4.71. The molecule has 3 heterocycles. The van der Waals surface area contributed by atoms with Crippen molar-refractivity contribution >= 4 is 34.6 Å². The predicted molar refractivity (Wildman–Crippen MR) is 97.8 cm³/mol. The van der Waals surface area contributed by atoms with Gasteiger partial charge in [0.2, 0.25) is 6.10 Å². The van der Waals surface area contributed by atoms with Crippen molar-refractivity contribution in [3.8, 4) is 0 Å². The van der Waals surface area contributed by atoms with Crippen molar-refractivity contribution < 1.29 is 9.63 Å². The van der Waals surface area contributed by atoms with Gasteiger partial charge in [-0.05, 0) is 50.4 Å². The Morgan fingerprint density at radius 1 is 1.54 bits per heavy atom. The molecule has 7 heteroatoms. The molecule has 5 nitrogen and oxygen atoms in total. The minimum absolute atomic E-state index is 0.0802. The standard InChI is InChI=1S/C17H24ClN3O2S/c1-12-4-2-8-21(11-12)9-3-7-19-17(22)14-10-13(20-23-14)15-5-6-16(18)24-15/h5-6,12,14H,2-4,7-11H2,1H3,(H,19,22)/t12-,14+/m1/s1. The molecule has 2 atom stereocenters. The molecule has 1 amide bonds. The Hall–Kier alpha value is -1.11. The molecule has 0 bridgehead atoms. The predicted octanol–water partition coefficient (Wildman–Crippen LogP) is 3.13. The third-order valence-electron chi connectivity index (χ3n) is 4.51. The number of oxime groups is 1. The monoisotopic (exact) mass is 369 g/mol. The smallest absolute Gasteiger partial charge is 0.264 e. The Kier molecular flexibility index (Phi) is 6.14. The quantitative estimate of drug-likeness (QED) is 0.784. The lowest BCUT2D eigenvalue weighted by Crippen LogP contribution is -2.38. The van der Waals surface area contributed by atoms with Crippen LogP contribution in [0.2, 0.25) is 4.34 Å². The number of hydrogen-bond donors (Lipinski definition) is 1. The fourth-order valence-electron chi connectivity index (χ4n) is 3.25. The maximum atomic E-state index is 12.2. The molecule has 2 aliphatic heterocycles. The molecule has 0 saturated carbocycles. The number of thiophene rings is 1. The first kappa shape index (κ1) is 17.7. The zero-order valence-electron chi connectivity index (χ0n) is 14.0. The van der Waals surface area contributed by atoms with Crippen LogP contribution >= 0.6 is 22.9 Å². The largest absolute Gasteiger partial charge is 0.382 e. The van der Waals surface area contributed by atoms with E-state index >= 15 is 0 Å². The number of amides is 1. The fraction of sp³-hybridized carbons (Fsp3) is 0.647. The first-order chi connectivity index (χ1) is 11.6. The highest BCUT2D eigenvalue weighted by atomic mass is 35.5. The highest BCUT2D eigenvalue weighted by Gasteiger charge is 2.29. The Morgan fingerprint density at radius 2 is 2.42 bits per heavy atom. The van der Waals surface area contributed by atoms with Crippen LogP contribution in [0.25, 0.3) is 0 Å². The first-order valence-corrected chi connectivity index (χ1v) is 9.79. The summed E-state index contributed by atoms with van der Waals surface area (Å²) in [4.78, 5) is 20.9. The van der Waals surface area contributed by atoms with Gasteiger partial charge in [0.05, 0.1) is 9.21 Å². The number of halogens is 1. The average Bonchev–Trinajstić information content (AvgIpc) is 3.20. The average molecular weight is 370 g/mol. The molecule has 0 unspecified atom stereocenters. The van der Waals surface area contributed by atoms with E-state index < -0.39 is 6.10 Å². The summed E-state index contributed by atoms with van der Waals surface area (Å²) in [5.74, 6) is 0.713. The van der Waals surface area contributed by atoms with Crippen LogP contribution in [0.3, 0.4) is 0 Å². The van der Waals surface area contributed by atoms with Crippen molar-refractivity contribution in [2.45, 2.75) is 38.7 Å². The van der Waals surface area contributed by atoms with Gasteiger partial charge in [0, 0.05) is 19.5 Å². The number of carbonyl (C=O) groups is 1. The molecule has 1 aromatic heterocycles. The summed E-state index contributed by atoms with van der Waals surface area (Å²) in [5.41, 5.74) is 0.800. The SMILES string of the molecule is C[C@@H]1CCCN(CCCNC(=O)[C@@H]2CC(c3ccc(Cl)s3)=NO2)C1. The van der Waals surface area contributed by atoms with Crippen molar-refractivity contribution in [1.29, 1.82) is 0 Å². The van der Waals surface area contributed by atoms with Crippen LogP contribution in [-0.2, 0) is 9.63 Å². The molecular weight excluding hydrogens is 346 g/mol. The van der Waals surface area contributed by atoms with Crippen LogP contribution < -0.4 is 5.32 Å². The van der Waals surface area contributed by atoms with Crippen molar-refractivity contribution in [2.24, 2.45) is 11.1 Å². The highest BCUT2D eigenvalue weighted by Crippen LogP contribution is 2.26. The van der Waals surface area contributed by atoms with Gasteiger partial charge >= 0.3 is 0 Å². The normalized spacial score (nSPS) is 24.5. The van der Waals surface area contributed by atoms with Crippen LogP contribution in [0.5, 0.6) is 0 Å². The second-order valence-corrected chi connectivity index (χ2v) is 8.35. The molecule has 132 valence electrons. The second-order valence-electron chi connectivity index (χ2n) is 6.63. The van der Waals surface area contributed by atoms with Crippen molar-refractivity contribution in [3.63, 3.8) is 0 Å². The van der Waals surface area contributed by atoms with E-state index in [9.17, 15) is 4.79 Å². The van der Waals surface area contributed by atoms with Crippen molar-refractivity contribution in [1.82, 2.24) is 10.2 Å². The van der Waals surface area contributed by atoms with Gasteiger partial charge in [0.25, 0.3) is 5.91 Å². The van der Waals surface area contributed by atoms with Crippen molar-refractivity contribution in [3.05, 3.63) is 21.3 Å². The van der Waals surface area contributed by atoms with E-state index in [4.69, 9.17) is 16.4 Å². The number of carbonyl (C=O) groups excluding carboxylic acids is 1.